The number of alkyl carbamates (subject to hydrolysis) is 1. The molecule has 0 saturated carbocycles. The lowest BCUT2D eigenvalue weighted by Crippen LogP contribution is -2.49. The van der Waals surface area contributed by atoms with Gasteiger partial charge in [0.2, 0.25) is 0 Å². The molecule has 1 aromatic heterocycles. The molecule has 19 heavy (non-hydrogen) atoms. The second kappa shape index (κ2) is 6.17. The molecule has 104 valence electrons. The van der Waals surface area contributed by atoms with Crippen molar-refractivity contribution in [2.75, 3.05) is 0 Å². The second-order valence-corrected chi connectivity index (χ2v) is 5.22. The summed E-state index contributed by atoms with van der Waals surface area (Å²) in [6.45, 7) is 5.24. The van der Waals surface area contributed by atoms with Gasteiger partial charge in [-0.25, -0.2) is 9.59 Å². The number of aromatic nitrogens is 1. The Hall–Kier alpha value is -2.11. The van der Waals surface area contributed by atoms with E-state index in [4.69, 9.17) is 9.84 Å². The van der Waals surface area contributed by atoms with Crippen molar-refractivity contribution in [2.24, 2.45) is 5.41 Å². The molecule has 0 aromatic carbocycles. The number of carbonyl (C=O) groups is 2. The third kappa shape index (κ3) is 4.95. The van der Waals surface area contributed by atoms with Crippen LogP contribution in [0.2, 0.25) is 0 Å². The Kier molecular flexibility index (Phi) is 4.86. The molecule has 0 radical (unpaired) electrons. The molecule has 0 aliphatic rings. The Morgan fingerprint density at radius 3 is 2.63 bits per heavy atom. The van der Waals surface area contributed by atoms with Gasteiger partial charge in [0.05, 0.1) is 0 Å². The molecular formula is C13H18N2O4. The minimum Gasteiger partial charge on any atom is -0.480 e. The van der Waals surface area contributed by atoms with Crippen LogP contribution in [-0.2, 0) is 16.1 Å². The number of nitrogens with zero attached hydrogens (tertiary/aromatic N) is 1. The Bertz CT molecular complexity index is 440. The van der Waals surface area contributed by atoms with Crippen LogP contribution in [0, 0.1) is 5.41 Å². The maximum absolute atomic E-state index is 11.6. The van der Waals surface area contributed by atoms with E-state index >= 15 is 0 Å². The molecule has 6 nitrogen and oxygen atoms in total. The largest absolute Gasteiger partial charge is 0.480 e. The monoisotopic (exact) mass is 266 g/mol. The maximum Gasteiger partial charge on any atom is 0.408 e. The molecule has 1 unspecified atom stereocenters. The first-order valence-electron chi connectivity index (χ1n) is 5.85. The molecule has 0 bridgehead atoms. The van der Waals surface area contributed by atoms with Gasteiger partial charge in [-0.1, -0.05) is 26.8 Å². The van der Waals surface area contributed by atoms with Crippen LogP contribution in [0.4, 0.5) is 4.79 Å². The highest BCUT2D eigenvalue weighted by Gasteiger charge is 2.33. The summed E-state index contributed by atoms with van der Waals surface area (Å²) in [5.41, 5.74) is 0.138. The van der Waals surface area contributed by atoms with Gasteiger partial charge in [-0.05, 0) is 11.5 Å². The number of carboxylic acids is 1. The minimum atomic E-state index is -1.09. The van der Waals surface area contributed by atoms with Crippen LogP contribution in [-0.4, -0.2) is 28.2 Å². The standard InChI is InChI=1S/C13H18N2O4/c1-13(2,3)10(11(16)17)15-12(18)19-8-9-5-4-6-14-7-9/h4-7,10H,8H2,1-3H3,(H,15,18)(H,16,17). The van der Waals surface area contributed by atoms with Crippen molar-refractivity contribution < 1.29 is 19.4 Å². The summed E-state index contributed by atoms with van der Waals surface area (Å²) in [7, 11) is 0. The summed E-state index contributed by atoms with van der Waals surface area (Å²) in [6.07, 6.45) is 2.43. The molecule has 6 heteroatoms. The fourth-order valence-electron chi connectivity index (χ4n) is 1.44. The third-order valence-corrected chi connectivity index (χ3v) is 2.47. The Morgan fingerprint density at radius 2 is 2.16 bits per heavy atom. The zero-order valence-corrected chi connectivity index (χ0v) is 11.2. The van der Waals surface area contributed by atoms with Crippen molar-refractivity contribution in [2.45, 2.75) is 33.4 Å². The van der Waals surface area contributed by atoms with Crippen LogP contribution in [0.1, 0.15) is 26.3 Å². The van der Waals surface area contributed by atoms with E-state index in [1.807, 2.05) is 0 Å². The highest BCUT2D eigenvalue weighted by molar-refractivity contribution is 5.80. The molecule has 0 spiro atoms. The van der Waals surface area contributed by atoms with Crippen molar-refractivity contribution in [3.63, 3.8) is 0 Å². The molecule has 1 heterocycles. The van der Waals surface area contributed by atoms with Gasteiger partial charge >= 0.3 is 12.1 Å². The van der Waals surface area contributed by atoms with E-state index in [0.717, 1.165) is 5.56 Å². The zero-order chi connectivity index (χ0) is 14.5. The lowest BCUT2D eigenvalue weighted by Gasteiger charge is -2.27. The third-order valence-electron chi connectivity index (χ3n) is 2.47. The summed E-state index contributed by atoms with van der Waals surface area (Å²) in [4.78, 5) is 26.5. The van der Waals surface area contributed by atoms with Crippen LogP contribution in [0.3, 0.4) is 0 Å². The van der Waals surface area contributed by atoms with E-state index in [9.17, 15) is 9.59 Å². The molecule has 2 N–H and O–H groups in total. The lowest BCUT2D eigenvalue weighted by atomic mass is 9.87. The van der Waals surface area contributed by atoms with E-state index in [1.165, 1.54) is 0 Å². The first-order chi connectivity index (χ1) is 8.80. The van der Waals surface area contributed by atoms with Gasteiger partial charge in [-0.2, -0.15) is 0 Å². The number of carbonyl (C=O) groups excluding carboxylic acids is 1. The normalized spacial score (nSPS) is 12.6. The minimum absolute atomic E-state index is 0.0517. The van der Waals surface area contributed by atoms with Crippen LogP contribution >= 0.6 is 0 Å². The number of rotatable bonds is 4. The summed E-state index contributed by atoms with van der Waals surface area (Å²) < 4.78 is 4.95. The van der Waals surface area contributed by atoms with Gasteiger partial charge in [0.25, 0.3) is 0 Å². The van der Waals surface area contributed by atoms with Crippen molar-refractivity contribution >= 4 is 12.1 Å². The smallest absolute Gasteiger partial charge is 0.408 e. The number of hydrogen-bond acceptors (Lipinski definition) is 4. The van der Waals surface area contributed by atoms with Crippen LogP contribution < -0.4 is 5.32 Å². The number of hydrogen-bond donors (Lipinski definition) is 2. The second-order valence-electron chi connectivity index (χ2n) is 5.22. The molecule has 0 fully saturated rings. The summed E-state index contributed by atoms with van der Waals surface area (Å²) in [5.74, 6) is -1.09. The first-order valence-corrected chi connectivity index (χ1v) is 5.85. The molecule has 0 saturated heterocycles. The fraction of sp³-hybridized carbons (Fsp3) is 0.462. The lowest BCUT2D eigenvalue weighted by molar-refractivity contribution is -0.142. The van der Waals surface area contributed by atoms with Crippen molar-refractivity contribution in [3.8, 4) is 0 Å². The topological polar surface area (TPSA) is 88.5 Å². The molecule has 1 atom stereocenters. The number of nitrogens with one attached hydrogen (secondary N) is 1. The molecule has 1 aromatic rings. The summed E-state index contributed by atoms with van der Waals surface area (Å²) >= 11 is 0. The Labute approximate surface area is 111 Å². The van der Waals surface area contributed by atoms with Gasteiger partial charge in [-0.3, -0.25) is 4.98 Å². The number of aliphatic carboxylic acids is 1. The Morgan fingerprint density at radius 1 is 1.47 bits per heavy atom. The van der Waals surface area contributed by atoms with E-state index in [1.54, 1.807) is 45.3 Å². The SMILES string of the molecule is CC(C)(C)C(NC(=O)OCc1cccnc1)C(=O)O. The Balaban J connectivity index is 2.52. The number of carboxylic acid groups (broad SMARTS) is 1. The van der Waals surface area contributed by atoms with E-state index in [-0.39, 0.29) is 6.61 Å². The van der Waals surface area contributed by atoms with Crippen molar-refractivity contribution in [1.29, 1.82) is 0 Å². The summed E-state index contributed by atoms with van der Waals surface area (Å²) in [5, 5.41) is 11.4. The average molecular weight is 266 g/mol. The van der Waals surface area contributed by atoms with Crippen molar-refractivity contribution in [3.05, 3.63) is 30.1 Å². The van der Waals surface area contributed by atoms with Gasteiger partial charge in [0.15, 0.2) is 0 Å². The summed E-state index contributed by atoms with van der Waals surface area (Å²) in [6, 6.07) is 2.48. The maximum atomic E-state index is 11.6. The molecular weight excluding hydrogens is 248 g/mol. The predicted octanol–water partition coefficient (Wildman–Crippen LogP) is 1.81. The molecule has 0 aliphatic heterocycles. The number of amides is 1. The van der Waals surface area contributed by atoms with Gasteiger partial charge in [0.1, 0.15) is 12.6 Å². The van der Waals surface area contributed by atoms with Crippen LogP contribution in [0.15, 0.2) is 24.5 Å². The first kappa shape index (κ1) is 14.9. The van der Waals surface area contributed by atoms with Gasteiger partial charge in [0, 0.05) is 18.0 Å². The van der Waals surface area contributed by atoms with Gasteiger partial charge < -0.3 is 15.2 Å². The molecule has 1 rings (SSSR count). The number of pyridine rings is 1. The highest BCUT2D eigenvalue weighted by atomic mass is 16.5. The van der Waals surface area contributed by atoms with Gasteiger partial charge in [-0.15, -0.1) is 0 Å². The van der Waals surface area contributed by atoms with Crippen molar-refractivity contribution in [1.82, 2.24) is 10.3 Å². The molecule has 0 aliphatic carbocycles. The number of ether oxygens (including phenoxy) is 1. The van der Waals surface area contributed by atoms with E-state index < -0.39 is 23.5 Å². The fourth-order valence-corrected chi connectivity index (χ4v) is 1.44. The quantitative estimate of drug-likeness (QED) is 0.867. The van der Waals surface area contributed by atoms with E-state index in [0.29, 0.717) is 0 Å². The predicted molar refractivity (Wildman–Crippen MR) is 68.4 cm³/mol. The molecule has 1 amide bonds. The zero-order valence-electron chi connectivity index (χ0n) is 11.2. The average Bonchev–Trinajstić information content (AvgIpc) is 2.33. The highest BCUT2D eigenvalue weighted by Crippen LogP contribution is 2.19. The van der Waals surface area contributed by atoms with Crippen LogP contribution in [0.25, 0.3) is 0 Å². The van der Waals surface area contributed by atoms with Crippen LogP contribution in [0.5, 0.6) is 0 Å². The van der Waals surface area contributed by atoms with E-state index in [2.05, 4.69) is 10.3 Å².